The largest absolute Gasteiger partial charge is 0.466 e. The van der Waals surface area contributed by atoms with Gasteiger partial charge in [0.1, 0.15) is 23.8 Å². The van der Waals surface area contributed by atoms with Gasteiger partial charge in [0.2, 0.25) is 0 Å². The van der Waals surface area contributed by atoms with Crippen molar-refractivity contribution in [3.8, 4) is 11.8 Å². The van der Waals surface area contributed by atoms with Crippen LogP contribution in [0.2, 0.25) is 0 Å². The number of piperazine rings is 1. The van der Waals surface area contributed by atoms with Crippen LogP contribution >= 0.6 is 15.9 Å². The predicted octanol–water partition coefficient (Wildman–Crippen LogP) is 6.00. The summed E-state index contributed by atoms with van der Waals surface area (Å²) in [5, 5.41) is 2.22. The van der Waals surface area contributed by atoms with E-state index < -0.39 is 5.60 Å². The van der Waals surface area contributed by atoms with Crippen LogP contribution in [0.5, 0.6) is 11.8 Å². The Hall–Kier alpha value is -3.35. The number of methoxy groups -OCH3 is 1. The van der Waals surface area contributed by atoms with Crippen LogP contribution in [0, 0.1) is 0 Å². The van der Waals surface area contributed by atoms with Gasteiger partial charge in [0.05, 0.1) is 28.8 Å². The Bertz CT molecular complexity index is 1650. The van der Waals surface area contributed by atoms with E-state index in [4.69, 9.17) is 28.9 Å². The van der Waals surface area contributed by atoms with E-state index in [-0.39, 0.29) is 25.0 Å². The maximum absolute atomic E-state index is 13.2. The summed E-state index contributed by atoms with van der Waals surface area (Å²) in [7, 11) is 3.78. The zero-order valence-electron chi connectivity index (χ0n) is 28.7. The van der Waals surface area contributed by atoms with Crippen LogP contribution in [0.4, 0.5) is 16.3 Å². The molecule has 5 heterocycles. The molecule has 2 aromatic carbocycles. The Morgan fingerprint density at radius 2 is 1.75 bits per heavy atom. The topological polar surface area (TPSA) is 92.7 Å². The number of fused-ring (bicyclic) bond motifs is 4. The van der Waals surface area contributed by atoms with Gasteiger partial charge in [-0.3, -0.25) is 4.90 Å². The molecule has 3 fully saturated rings. The zero-order valence-corrected chi connectivity index (χ0v) is 30.3. The number of nitrogens with zero attached hydrogens (tertiary/aromatic N) is 6. The van der Waals surface area contributed by atoms with Crippen molar-refractivity contribution >= 4 is 44.3 Å². The number of aromatic nitrogens is 2. The van der Waals surface area contributed by atoms with E-state index in [9.17, 15) is 4.79 Å². The highest BCUT2D eigenvalue weighted by molar-refractivity contribution is 9.10. The first-order chi connectivity index (χ1) is 23.1. The van der Waals surface area contributed by atoms with E-state index in [0.717, 1.165) is 77.0 Å². The fraction of sp³-hybridized carbons (Fsp3) is 0.583. The summed E-state index contributed by atoms with van der Waals surface area (Å²) >= 11 is 3.77. The second-order valence-electron chi connectivity index (χ2n) is 14.5. The first-order valence-electron chi connectivity index (χ1n) is 17.2. The minimum Gasteiger partial charge on any atom is -0.466 e. The fourth-order valence-electron chi connectivity index (χ4n) is 7.75. The quantitative estimate of drug-likeness (QED) is 0.258. The first-order valence-corrected chi connectivity index (χ1v) is 18.0. The molecule has 0 spiro atoms. The lowest BCUT2D eigenvalue weighted by molar-refractivity contribution is 0.0122. The van der Waals surface area contributed by atoms with Crippen LogP contribution in [0.1, 0.15) is 57.7 Å². The minimum absolute atomic E-state index is 0.0838. The van der Waals surface area contributed by atoms with Crippen molar-refractivity contribution in [3.63, 3.8) is 0 Å². The standard InChI is InChI=1S/C36H47BrN6O5/c1-36(2,3)48-35(44)43-23-12-13-24(43)19-42(18-23)33-28-14-16-41(20-29(28)38-34(39-33)46-21-25-9-8-15-40(25)4)30-17-31(47-22-45-5)32(37)27-11-7-6-10-26(27)30/h6-7,10-11,17,23-25H,8-9,12-16,18-22H2,1-5H3/t23?,24?,25-/m0/s1. The van der Waals surface area contributed by atoms with Gasteiger partial charge in [0, 0.05) is 60.9 Å². The van der Waals surface area contributed by atoms with E-state index in [1.807, 2.05) is 31.7 Å². The minimum atomic E-state index is -0.526. The third-order valence-corrected chi connectivity index (χ3v) is 10.9. The molecule has 0 N–H and O–H groups in total. The molecule has 258 valence electrons. The number of halogens is 1. The van der Waals surface area contributed by atoms with Crippen molar-refractivity contribution in [2.75, 3.05) is 63.5 Å². The number of ether oxygens (including phenoxy) is 4. The maximum atomic E-state index is 13.2. The van der Waals surface area contributed by atoms with Crippen molar-refractivity contribution in [3.05, 3.63) is 46.1 Å². The Morgan fingerprint density at radius 1 is 1.00 bits per heavy atom. The second kappa shape index (κ2) is 13.5. The van der Waals surface area contributed by atoms with Crippen LogP contribution in [0.3, 0.4) is 0 Å². The number of benzene rings is 2. The van der Waals surface area contributed by atoms with Gasteiger partial charge in [0.25, 0.3) is 0 Å². The average Bonchev–Trinajstić information content (AvgIpc) is 3.60. The lowest BCUT2D eigenvalue weighted by Gasteiger charge is -2.43. The van der Waals surface area contributed by atoms with Gasteiger partial charge in [0.15, 0.2) is 6.79 Å². The molecule has 1 amide bonds. The van der Waals surface area contributed by atoms with E-state index in [2.05, 4.69) is 61.9 Å². The number of rotatable bonds is 8. The van der Waals surface area contributed by atoms with E-state index in [1.54, 1.807) is 7.11 Å². The third-order valence-electron chi connectivity index (χ3n) is 10.1. The molecule has 4 aliphatic rings. The normalized spacial score (nSPS) is 22.7. The van der Waals surface area contributed by atoms with E-state index >= 15 is 0 Å². The summed E-state index contributed by atoms with van der Waals surface area (Å²) in [6, 6.07) is 11.4. The summed E-state index contributed by atoms with van der Waals surface area (Å²) < 4.78 is 24.3. The average molecular weight is 724 g/mol. The van der Waals surface area contributed by atoms with Gasteiger partial charge >= 0.3 is 12.1 Å². The van der Waals surface area contributed by atoms with Crippen molar-refractivity contribution in [1.29, 1.82) is 0 Å². The SMILES string of the molecule is COCOc1cc(N2CCc3c(nc(OC[C@@H]4CCCN4C)nc3N3CC4CCC(C3)N4C(=O)OC(C)(C)C)C2)c2ccccc2c1Br. The van der Waals surface area contributed by atoms with Crippen LogP contribution in [0.15, 0.2) is 34.8 Å². The van der Waals surface area contributed by atoms with Gasteiger partial charge in [-0.1, -0.05) is 24.3 Å². The summed E-state index contributed by atoms with van der Waals surface area (Å²) in [5.74, 6) is 1.68. The summed E-state index contributed by atoms with van der Waals surface area (Å²) in [5.41, 5.74) is 2.71. The highest BCUT2D eigenvalue weighted by Crippen LogP contribution is 2.42. The summed E-state index contributed by atoms with van der Waals surface area (Å²) in [4.78, 5) is 32.5. The van der Waals surface area contributed by atoms with Crippen LogP contribution in [-0.4, -0.2) is 103 Å². The Kier molecular flexibility index (Phi) is 9.34. The molecule has 0 aliphatic carbocycles. The molecule has 0 saturated carbocycles. The van der Waals surface area contributed by atoms with Gasteiger partial charge in [-0.25, -0.2) is 4.79 Å². The first kappa shape index (κ1) is 33.2. The van der Waals surface area contributed by atoms with E-state index in [0.29, 0.717) is 38.3 Å². The van der Waals surface area contributed by atoms with Crippen molar-refractivity contribution in [1.82, 2.24) is 19.8 Å². The molecular formula is C36H47BrN6O5. The van der Waals surface area contributed by atoms with Gasteiger partial charge in [-0.2, -0.15) is 9.97 Å². The molecule has 2 bridgehead atoms. The smallest absolute Gasteiger partial charge is 0.410 e. The van der Waals surface area contributed by atoms with Crippen molar-refractivity contribution in [2.45, 2.75) is 83.1 Å². The van der Waals surface area contributed by atoms with Crippen LogP contribution in [0.25, 0.3) is 10.8 Å². The Morgan fingerprint density at radius 3 is 2.44 bits per heavy atom. The monoisotopic (exact) mass is 722 g/mol. The molecule has 48 heavy (non-hydrogen) atoms. The second-order valence-corrected chi connectivity index (χ2v) is 15.3. The third kappa shape index (κ3) is 6.63. The van der Waals surface area contributed by atoms with Crippen LogP contribution < -0.4 is 19.3 Å². The van der Waals surface area contributed by atoms with Crippen molar-refractivity contribution in [2.24, 2.45) is 0 Å². The Labute approximate surface area is 291 Å². The highest BCUT2D eigenvalue weighted by Gasteiger charge is 2.45. The molecule has 2 unspecified atom stereocenters. The number of amides is 1. The van der Waals surface area contributed by atoms with Crippen molar-refractivity contribution < 1.29 is 23.7 Å². The number of carbonyl (C=O) groups is 1. The maximum Gasteiger partial charge on any atom is 0.410 e. The molecule has 0 radical (unpaired) electrons. The molecule has 11 nitrogen and oxygen atoms in total. The number of anilines is 2. The van der Waals surface area contributed by atoms with E-state index in [1.165, 1.54) is 12.0 Å². The molecule has 7 rings (SSSR count). The van der Waals surface area contributed by atoms with Gasteiger partial charge < -0.3 is 33.6 Å². The summed E-state index contributed by atoms with van der Waals surface area (Å²) in [6.07, 6.45) is 4.79. The predicted molar refractivity (Wildman–Crippen MR) is 189 cm³/mol. The molecule has 1 aromatic heterocycles. The Balaban J connectivity index is 1.21. The number of hydrogen-bond acceptors (Lipinski definition) is 10. The highest BCUT2D eigenvalue weighted by atomic mass is 79.9. The molecule has 3 aromatic rings. The fourth-order valence-corrected chi connectivity index (χ4v) is 8.33. The molecule has 12 heteroatoms. The number of likely N-dealkylation sites (tertiary alicyclic amines) is 1. The summed E-state index contributed by atoms with van der Waals surface area (Å²) in [6.45, 7) is 10.4. The number of likely N-dealkylation sites (N-methyl/N-ethyl adjacent to an activating group) is 1. The molecule has 4 aliphatic heterocycles. The van der Waals surface area contributed by atoms with Gasteiger partial charge in [-0.05, 0) is 82.4 Å². The lowest BCUT2D eigenvalue weighted by atomic mass is 10.0. The van der Waals surface area contributed by atoms with Crippen LogP contribution in [-0.2, 0) is 22.4 Å². The van der Waals surface area contributed by atoms with Gasteiger partial charge in [-0.15, -0.1) is 0 Å². The lowest BCUT2D eigenvalue weighted by Crippen LogP contribution is -2.57. The number of hydrogen-bond donors (Lipinski definition) is 0. The molecular weight excluding hydrogens is 676 g/mol. The molecule has 3 saturated heterocycles. The zero-order chi connectivity index (χ0) is 33.6. The number of carbonyl (C=O) groups excluding carboxylic acids is 1. The molecule has 3 atom stereocenters.